The second kappa shape index (κ2) is 4.19. The molecule has 0 aliphatic carbocycles. The molecule has 0 spiro atoms. The average Bonchev–Trinajstić information content (AvgIpc) is 2.28. The Hall–Kier alpha value is -2.08. The van der Waals surface area contributed by atoms with Crippen LogP contribution in [-0.2, 0) is 6.54 Å². The maximum Gasteiger partial charge on any atom is 0.258 e. The summed E-state index contributed by atoms with van der Waals surface area (Å²) in [5.41, 5.74) is 1.12. The number of aryl methyl sites for hydroxylation is 2. The smallest absolute Gasteiger partial charge is 0.258 e. The van der Waals surface area contributed by atoms with Gasteiger partial charge in [0.15, 0.2) is 0 Å². The summed E-state index contributed by atoms with van der Waals surface area (Å²) in [6, 6.07) is 9.72. The largest absolute Gasteiger partial charge is 0.314 e. The quantitative estimate of drug-likeness (QED) is 0.766. The van der Waals surface area contributed by atoms with Crippen LogP contribution in [0.25, 0.3) is 10.8 Å². The Balaban J connectivity index is 2.58. The number of pyridine rings is 1. The topological polar surface area (TPSA) is 45.8 Å². The van der Waals surface area contributed by atoms with E-state index in [1.54, 1.807) is 10.8 Å². The van der Waals surface area contributed by atoms with Gasteiger partial charge in [-0.2, -0.15) is 5.26 Å². The number of hydrogen-bond acceptors (Lipinski definition) is 2. The van der Waals surface area contributed by atoms with Crippen molar-refractivity contribution < 1.29 is 0 Å². The van der Waals surface area contributed by atoms with Crippen molar-refractivity contribution in [2.75, 3.05) is 0 Å². The summed E-state index contributed by atoms with van der Waals surface area (Å²) < 4.78 is 1.58. The predicted octanol–water partition coefficient (Wildman–Crippen LogP) is 2.22. The van der Waals surface area contributed by atoms with Crippen LogP contribution in [0.4, 0.5) is 0 Å². The van der Waals surface area contributed by atoms with Crippen LogP contribution < -0.4 is 5.56 Å². The molecular weight excluding hydrogens is 200 g/mol. The maximum absolute atomic E-state index is 12.0. The summed E-state index contributed by atoms with van der Waals surface area (Å²) in [6.07, 6.45) is 2.11. The summed E-state index contributed by atoms with van der Waals surface area (Å²) in [5, 5.41) is 10.2. The van der Waals surface area contributed by atoms with Crippen molar-refractivity contribution in [1.82, 2.24) is 4.57 Å². The van der Waals surface area contributed by atoms with Gasteiger partial charge in [0, 0.05) is 18.1 Å². The van der Waals surface area contributed by atoms with Crippen LogP contribution in [-0.4, -0.2) is 4.57 Å². The van der Waals surface area contributed by atoms with Gasteiger partial charge in [0.05, 0.1) is 12.5 Å². The first-order valence-corrected chi connectivity index (χ1v) is 5.19. The van der Waals surface area contributed by atoms with Gasteiger partial charge in [-0.25, -0.2) is 0 Å². The van der Waals surface area contributed by atoms with Crippen molar-refractivity contribution in [2.45, 2.75) is 19.9 Å². The first kappa shape index (κ1) is 10.4. The molecule has 0 aliphatic heterocycles. The van der Waals surface area contributed by atoms with Crippen molar-refractivity contribution in [3.8, 4) is 6.07 Å². The molecule has 1 heterocycles. The minimum atomic E-state index is -0.0206. The number of nitriles is 1. The molecule has 0 amide bonds. The van der Waals surface area contributed by atoms with Gasteiger partial charge in [-0.05, 0) is 24.4 Å². The molecule has 0 unspecified atom stereocenters. The fourth-order valence-electron chi connectivity index (χ4n) is 1.75. The monoisotopic (exact) mass is 212 g/mol. The Morgan fingerprint density at radius 1 is 1.38 bits per heavy atom. The molecule has 3 nitrogen and oxygen atoms in total. The van der Waals surface area contributed by atoms with E-state index in [2.05, 4.69) is 0 Å². The third-order valence-corrected chi connectivity index (χ3v) is 2.60. The zero-order valence-corrected chi connectivity index (χ0v) is 9.10. The van der Waals surface area contributed by atoms with Gasteiger partial charge in [0.2, 0.25) is 0 Å². The SMILES string of the molecule is Cc1ccc2c(=O)n(CCC#N)ccc2c1. The Morgan fingerprint density at radius 3 is 2.94 bits per heavy atom. The van der Waals surface area contributed by atoms with Crippen molar-refractivity contribution in [3.05, 3.63) is 46.4 Å². The average molecular weight is 212 g/mol. The lowest BCUT2D eigenvalue weighted by atomic mass is 10.1. The Morgan fingerprint density at radius 2 is 2.19 bits per heavy atom. The maximum atomic E-state index is 12.0. The fraction of sp³-hybridized carbons (Fsp3) is 0.231. The molecule has 0 N–H and O–H groups in total. The third-order valence-electron chi connectivity index (χ3n) is 2.60. The molecule has 1 aromatic heterocycles. The van der Waals surface area contributed by atoms with Gasteiger partial charge in [0.25, 0.3) is 5.56 Å². The lowest BCUT2D eigenvalue weighted by Gasteiger charge is -2.05. The van der Waals surface area contributed by atoms with Crippen molar-refractivity contribution in [2.24, 2.45) is 0 Å². The van der Waals surface area contributed by atoms with Gasteiger partial charge in [-0.15, -0.1) is 0 Å². The zero-order chi connectivity index (χ0) is 11.5. The van der Waals surface area contributed by atoms with Crippen molar-refractivity contribution in [1.29, 1.82) is 5.26 Å². The van der Waals surface area contributed by atoms with Gasteiger partial charge in [-0.3, -0.25) is 4.79 Å². The summed E-state index contributed by atoms with van der Waals surface area (Å²) >= 11 is 0. The molecule has 1 aromatic carbocycles. The van der Waals surface area contributed by atoms with E-state index in [1.807, 2.05) is 37.3 Å². The molecule has 2 rings (SSSR count). The number of aromatic nitrogens is 1. The minimum absolute atomic E-state index is 0.0206. The number of nitrogens with zero attached hydrogens (tertiary/aromatic N) is 2. The van der Waals surface area contributed by atoms with Crippen LogP contribution in [0.3, 0.4) is 0 Å². The number of fused-ring (bicyclic) bond motifs is 1. The Bertz CT molecular complexity index is 620. The van der Waals surface area contributed by atoms with Gasteiger partial charge in [-0.1, -0.05) is 17.7 Å². The fourth-order valence-corrected chi connectivity index (χ4v) is 1.75. The molecule has 0 atom stereocenters. The number of benzene rings is 1. The molecule has 0 aliphatic rings. The third kappa shape index (κ3) is 1.82. The zero-order valence-electron chi connectivity index (χ0n) is 9.10. The van der Waals surface area contributed by atoms with E-state index in [1.165, 1.54) is 0 Å². The molecule has 16 heavy (non-hydrogen) atoms. The van der Waals surface area contributed by atoms with E-state index >= 15 is 0 Å². The van der Waals surface area contributed by atoms with E-state index < -0.39 is 0 Å². The minimum Gasteiger partial charge on any atom is -0.314 e. The molecule has 0 bridgehead atoms. The Labute approximate surface area is 93.6 Å². The predicted molar refractivity (Wildman–Crippen MR) is 63.2 cm³/mol. The van der Waals surface area contributed by atoms with Gasteiger partial charge in [0.1, 0.15) is 0 Å². The highest BCUT2D eigenvalue weighted by molar-refractivity contribution is 5.81. The van der Waals surface area contributed by atoms with Crippen LogP contribution in [0.2, 0.25) is 0 Å². The van der Waals surface area contributed by atoms with E-state index in [0.29, 0.717) is 18.4 Å². The first-order chi connectivity index (χ1) is 7.72. The van der Waals surface area contributed by atoms with Gasteiger partial charge < -0.3 is 4.57 Å². The second-order valence-electron chi connectivity index (χ2n) is 3.81. The van der Waals surface area contributed by atoms with E-state index in [4.69, 9.17) is 5.26 Å². The lowest BCUT2D eigenvalue weighted by Crippen LogP contribution is -2.19. The molecule has 2 aromatic rings. The Kier molecular flexibility index (Phi) is 2.74. The molecular formula is C13H12N2O. The highest BCUT2D eigenvalue weighted by Gasteiger charge is 2.02. The molecule has 80 valence electrons. The molecule has 0 saturated carbocycles. The molecule has 0 saturated heterocycles. The second-order valence-corrected chi connectivity index (χ2v) is 3.81. The van der Waals surface area contributed by atoms with E-state index in [9.17, 15) is 4.79 Å². The van der Waals surface area contributed by atoms with Crippen LogP contribution >= 0.6 is 0 Å². The standard InChI is InChI=1S/C13H12N2O/c1-10-3-4-12-11(9-10)5-8-15(13(12)16)7-2-6-14/h3-5,8-9H,2,7H2,1H3. The van der Waals surface area contributed by atoms with Crippen molar-refractivity contribution >= 4 is 10.8 Å². The summed E-state index contributed by atoms with van der Waals surface area (Å²) in [5.74, 6) is 0. The normalized spacial score (nSPS) is 10.2. The molecule has 0 radical (unpaired) electrons. The van der Waals surface area contributed by atoms with Crippen molar-refractivity contribution in [3.63, 3.8) is 0 Å². The van der Waals surface area contributed by atoms with Gasteiger partial charge >= 0.3 is 0 Å². The van der Waals surface area contributed by atoms with Crippen LogP contribution in [0.15, 0.2) is 35.3 Å². The molecule has 0 fully saturated rings. The summed E-state index contributed by atoms with van der Waals surface area (Å²) in [6.45, 7) is 2.46. The van der Waals surface area contributed by atoms with Crippen LogP contribution in [0, 0.1) is 18.3 Å². The van der Waals surface area contributed by atoms with E-state index in [-0.39, 0.29) is 5.56 Å². The lowest BCUT2D eigenvalue weighted by molar-refractivity contribution is 0.692. The number of rotatable bonds is 2. The highest BCUT2D eigenvalue weighted by Crippen LogP contribution is 2.11. The summed E-state index contributed by atoms with van der Waals surface area (Å²) in [4.78, 5) is 12.0. The van der Waals surface area contributed by atoms with E-state index in [0.717, 1.165) is 10.9 Å². The first-order valence-electron chi connectivity index (χ1n) is 5.19. The number of hydrogen-bond donors (Lipinski definition) is 0. The summed E-state index contributed by atoms with van der Waals surface area (Å²) in [7, 11) is 0. The van der Waals surface area contributed by atoms with Crippen LogP contribution in [0.1, 0.15) is 12.0 Å². The molecule has 3 heteroatoms. The van der Waals surface area contributed by atoms with Crippen LogP contribution in [0.5, 0.6) is 0 Å². The highest BCUT2D eigenvalue weighted by atomic mass is 16.1.